The summed E-state index contributed by atoms with van der Waals surface area (Å²) in [7, 11) is 0. The number of morpholine rings is 1. The molecule has 9 heteroatoms. The molecule has 1 aromatic heterocycles. The number of ether oxygens (including phenoxy) is 1. The number of nitrogens with one attached hydrogen (secondary N) is 1. The van der Waals surface area contributed by atoms with Gasteiger partial charge in [0.15, 0.2) is 0 Å². The number of carbonyl (C=O) groups excluding carboxylic acids is 1. The summed E-state index contributed by atoms with van der Waals surface area (Å²) < 4.78 is 6.58. The van der Waals surface area contributed by atoms with Crippen molar-refractivity contribution >= 4 is 11.6 Å². The Morgan fingerprint density at radius 2 is 2.24 bits per heavy atom. The quantitative estimate of drug-likeness (QED) is 0.580. The Bertz CT molecular complexity index is 510. The van der Waals surface area contributed by atoms with Crippen molar-refractivity contribution in [1.29, 1.82) is 0 Å². The van der Waals surface area contributed by atoms with E-state index in [1.54, 1.807) is 6.92 Å². The van der Waals surface area contributed by atoms with Crippen LogP contribution in [0.5, 0.6) is 0 Å². The van der Waals surface area contributed by atoms with Crippen molar-refractivity contribution in [2.45, 2.75) is 13.5 Å². The molecule has 1 aliphatic heterocycles. The summed E-state index contributed by atoms with van der Waals surface area (Å²) in [5.74, 6) is -0.464. The summed E-state index contributed by atoms with van der Waals surface area (Å²) in [6.45, 7) is 6.38. The van der Waals surface area contributed by atoms with Crippen molar-refractivity contribution in [1.82, 2.24) is 20.0 Å². The third-order valence-electron chi connectivity index (χ3n) is 3.35. The first-order valence-electron chi connectivity index (χ1n) is 6.92. The lowest BCUT2D eigenvalue weighted by Crippen LogP contribution is -2.41. The van der Waals surface area contributed by atoms with Gasteiger partial charge in [0.2, 0.25) is 5.69 Å². The van der Waals surface area contributed by atoms with Crippen molar-refractivity contribution in [2.24, 2.45) is 0 Å². The first-order chi connectivity index (χ1) is 10.1. The van der Waals surface area contributed by atoms with E-state index in [1.807, 2.05) is 0 Å². The third kappa shape index (κ3) is 3.76. The molecule has 1 aromatic rings. The van der Waals surface area contributed by atoms with Gasteiger partial charge in [0, 0.05) is 32.7 Å². The van der Waals surface area contributed by atoms with Crippen molar-refractivity contribution in [3.05, 3.63) is 22.0 Å². The molecule has 0 saturated carbocycles. The minimum Gasteiger partial charge on any atom is -0.379 e. The fraction of sp³-hybridized carbons (Fsp3) is 0.667. The highest BCUT2D eigenvalue weighted by molar-refractivity contribution is 5.96. The molecule has 21 heavy (non-hydrogen) atoms. The van der Waals surface area contributed by atoms with Gasteiger partial charge in [-0.2, -0.15) is 5.10 Å². The second-order valence-corrected chi connectivity index (χ2v) is 4.66. The molecule has 1 fully saturated rings. The number of aromatic nitrogens is 2. The molecule has 116 valence electrons. The van der Waals surface area contributed by atoms with E-state index in [-0.39, 0.29) is 11.4 Å². The number of rotatable bonds is 6. The van der Waals surface area contributed by atoms with Crippen LogP contribution in [0.4, 0.5) is 5.69 Å². The van der Waals surface area contributed by atoms with Crippen LogP contribution >= 0.6 is 0 Å². The van der Waals surface area contributed by atoms with Crippen molar-refractivity contribution in [3.8, 4) is 0 Å². The molecule has 0 unspecified atom stereocenters. The zero-order valence-electron chi connectivity index (χ0n) is 11.9. The number of hydrogen-bond donors (Lipinski definition) is 1. The number of amides is 1. The standard InChI is InChI=1S/C12H19N5O4/c1-2-16-11(10(9-14-16)17(19)20)12(18)13-3-4-15-5-7-21-8-6-15/h9H,2-8H2,1H3,(H,13,18). The van der Waals surface area contributed by atoms with Gasteiger partial charge in [-0.3, -0.25) is 24.5 Å². The SMILES string of the molecule is CCn1ncc([N+](=O)[O-])c1C(=O)NCCN1CCOCC1. The Balaban J connectivity index is 1.93. The fourth-order valence-corrected chi connectivity index (χ4v) is 2.22. The topological polar surface area (TPSA) is 103 Å². The average molecular weight is 297 g/mol. The van der Waals surface area contributed by atoms with E-state index >= 15 is 0 Å². The van der Waals surface area contributed by atoms with Crippen LogP contribution in [0.1, 0.15) is 17.4 Å². The van der Waals surface area contributed by atoms with Crippen LogP contribution in [-0.4, -0.2) is 64.9 Å². The minimum atomic E-state index is -0.587. The molecule has 2 rings (SSSR count). The zero-order chi connectivity index (χ0) is 15.2. The van der Waals surface area contributed by atoms with Crippen LogP contribution in [0, 0.1) is 10.1 Å². The maximum atomic E-state index is 12.1. The van der Waals surface area contributed by atoms with Crippen LogP contribution in [0.15, 0.2) is 6.20 Å². The summed E-state index contributed by atoms with van der Waals surface area (Å²) in [5.41, 5.74) is -0.259. The van der Waals surface area contributed by atoms with E-state index in [2.05, 4.69) is 15.3 Å². The van der Waals surface area contributed by atoms with Gasteiger partial charge in [0.25, 0.3) is 5.91 Å². The van der Waals surface area contributed by atoms with Gasteiger partial charge in [-0.05, 0) is 6.92 Å². The molecule has 0 atom stereocenters. The van der Waals surface area contributed by atoms with E-state index in [1.165, 1.54) is 4.68 Å². The lowest BCUT2D eigenvalue weighted by atomic mass is 10.3. The summed E-state index contributed by atoms with van der Waals surface area (Å²) in [5, 5.41) is 17.5. The van der Waals surface area contributed by atoms with Crippen LogP contribution in [0.2, 0.25) is 0 Å². The van der Waals surface area contributed by atoms with Gasteiger partial charge in [-0.15, -0.1) is 0 Å². The molecule has 0 radical (unpaired) electrons. The molecule has 2 heterocycles. The normalized spacial score (nSPS) is 15.9. The van der Waals surface area contributed by atoms with Gasteiger partial charge in [0.1, 0.15) is 6.20 Å². The predicted octanol–water partition coefficient (Wildman–Crippen LogP) is -0.127. The van der Waals surface area contributed by atoms with E-state index in [0.717, 1.165) is 19.3 Å². The molecule has 0 spiro atoms. The van der Waals surface area contributed by atoms with Crippen molar-refractivity contribution in [2.75, 3.05) is 39.4 Å². The number of carbonyl (C=O) groups is 1. The molecule has 0 aliphatic carbocycles. The second kappa shape index (κ2) is 7.14. The Kier molecular flexibility index (Phi) is 5.23. The van der Waals surface area contributed by atoms with Crippen molar-refractivity contribution < 1.29 is 14.5 Å². The monoisotopic (exact) mass is 297 g/mol. The van der Waals surface area contributed by atoms with Crippen molar-refractivity contribution in [3.63, 3.8) is 0 Å². The molecule has 0 aromatic carbocycles. The lowest BCUT2D eigenvalue weighted by Gasteiger charge is -2.26. The number of hydrogen-bond acceptors (Lipinski definition) is 6. The Labute approximate surface area is 122 Å². The molecule has 1 aliphatic rings. The summed E-state index contributed by atoms with van der Waals surface area (Å²) >= 11 is 0. The van der Waals surface area contributed by atoms with E-state index in [4.69, 9.17) is 4.74 Å². The third-order valence-corrected chi connectivity index (χ3v) is 3.35. The molecule has 1 N–H and O–H groups in total. The summed E-state index contributed by atoms with van der Waals surface area (Å²) in [6, 6.07) is 0. The van der Waals surface area contributed by atoms with Gasteiger partial charge < -0.3 is 10.1 Å². The smallest absolute Gasteiger partial charge is 0.320 e. The first kappa shape index (κ1) is 15.4. The first-order valence-corrected chi connectivity index (χ1v) is 6.92. The fourth-order valence-electron chi connectivity index (χ4n) is 2.22. The zero-order valence-corrected chi connectivity index (χ0v) is 11.9. The van der Waals surface area contributed by atoms with Crippen LogP contribution in [0.25, 0.3) is 0 Å². The Hall–Kier alpha value is -2.00. The summed E-state index contributed by atoms with van der Waals surface area (Å²) in [6.07, 6.45) is 1.11. The lowest BCUT2D eigenvalue weighted by molar-refractivity contribution is -0.385. The molecule has 0 bridgehead atoms. The Morgan fingerprint density at radius 1 is 1.52 bits per heavy atom. The molecular formula is C12H19N5O4. The highest BCUT2D eigenvalue weighted by Crippen LogP contribution is 2.17. The highest BCUT2D eigenvalue weighted by Gasteiger charge is 2.26. The van der Waals surface area contributed by atoms with Gasteiger partial charge in [-0.1, -0.05) is 0 Å². The largest absolute Gasteiger partial charge is 0.379 e. The van der Waals surface area contributed by atoms with Crippen LogP contribution in [-0.2, 0) is 11.3 Å². The van der Waals surface area contributed by atoms with E-state index in [9.17, 15) is 14.9 Å². The molecule has 9 nitrogen and oxygen atoms in total. The maximum absolute atomic E-state index is 12.1. The number of aryl methyl sites for hydroxylation is 1. The van der Waals surface area contributed by atoms with Gasteiger partial charge >= 0.3 is 5.69 Å². The minimum absolute atomic E-state index is 0.00415. The van der Waals surface area contributed by atoms with E-state index < -0.39 is 10.8 Å². The predicted molar refractivity (Wildman–Crippen MR) is 74.1 cm³/mol. The molecular weight excluding hydrogens is 278 g/mol. The van der Waals surface area contributed by atoms with Gasteiger partial charge in [0.05, 0.1) is 18.1 Å². The number of nitrogens with zero attached hydrogens (tertiary/aromatic N) is 4. The highest BCUT2D eigenvalue weighted by atomic mass is 16.6. The van der Waals surface area contributed by atoms with E-state index in [0.29, 0.717) is 32.8 Å². The molecule has 1 amide bonds. The molecule has 1 saturated heterocycles. The van der Waals surface area contributed by atoms with Crippen LogP contribution < -0.4 is 5.32 Å². The second-order valence-electron chi connectivity index (χ2n) is 4.66. The Morgan fingerprint density at radius 3 is 2.86 bits per heavy atom. The number of nitro groups is 1. The maximum Gasteiger partial charge on any atom is 0.320 e. The average Bonchev–Trinajstić information content (AvgIpc) is 2.92. The van der Waals surface area contributed by atoms with Crippen LogP contribution in [0.3, 0.4) is 0 Å². The van der Waals surface area contributed by atoms with Gasteiger partial charge in [-0.25, -0.2) is 0 Å². The summed E-state index contributed by atoms with van der Waals surface area (Å²) in [4.78, 5) is 24.6.